The fourth-order valence-corrected chi connectivity index (χ4v) is 3.67. The van der Waals surface area contributed by atoms with E-state index >= 15 is 0 Å². The highest BCUT2D eigenvalue weighted by atomic mass is 32.2. The molecule has 0 aromatic heterocycles. The predicted molar refractivity (Wildman–Crippen MR) is 87.7 cm³/mol. The minimum absolute atomic E-state index is 0.0355. The van der Waals surface area contributed by atoms with Crippen LogP contribution in [0, 0.1) is 0 Å². The third kappa shape index (κ3) is 3.69. The molecule has 2 N–H and O–H groups in total. The molecule has 1 amide bonds. The second kappa shape index (κ2) is 7.02. The molecule has 0 aliphatic heterocycles. The van der Waals surface area contributed by atoms with Gasteiger partial charge in [-0.2, -0.15) is 11.8 Å². The van der Waals surface area contributed by atoms with Crippen molar-refractivity contribution in [3.05, 3.63) is 29.8 Å². The predicted octanol–water partition coefficient (Wildman–Crippen LogP) is 3.52. The van der Waals surface area contributed by atoms with Crippen LogP contribution < -0.4 is 10.6 Å². The number of benzene rings is 1. The number of carbonyl (C=O) groups excluding carboxylic acids is 1. The molecule has 0 radical (unpaired) electrons. The molecular weight excluding hydrogens is 268 g/mol. The Morgan fingerprint density at radius 2 is 1.90 bits per heavy atom. The van der Waals surface area contributed by atoms with Gasteiger partial charge in [0.1, 0.15) is 0 Å². The first-order valence-electron chi connectivity index (χ1n) is 7.36. The SMILES string of the molecule is CCNc1ccc(C(=O)NCC2(SC)CCCC2)cc1. The van der Waals surface area contributed by atoms with Crippen molar-refractivity contribution in [3.63, 3.8) is 0 Å². The van der Waals surface area contributed by atoms with Gasteiger partial charge in [-0.3, -0.25) is 4.79 Å². The molecule has 0 spiro atoms. The average molecular weight is 292 g/mol. The second-order valence-corrected chi connectivity index (χ2v) is 6.66. The van der Waals surface area contributed by atoms with Gasteiger partial charge < -0.3 is 10.6 Å². The summed E-state index contributed by atoms with van der Waals surface area (Å²) in [4.78, 5) is 12.2. The van der Waals surface area contributed by atoms with Gasteiger partial charge >= 0.3 is 0 Å². The van der Waals surface area contributed by atoms with Gasteiger partial charge in [0.2, 0.25) is 0 Å². The fraction of sp³-hybridized carbons (Fsp3) is 0.562. The van der Waals surface area contributed by atoms with Crippen LogP contribution in [-0.4, -0.2) is 30.0 Å². The van der Waals surface area contributed by atoms with Crippen LogP contribution in [0.1, 0.15) is 43.0 Å². The van der Waals surface area contributed by atoms with Crippen LogP contribution in [0.25, 0.3) is 0 Å². The maximum absolute atomic E-state index is 12.2. The molecule has 0 atom stereocenters. The van der Waals surface area contributed by atoms with Crippen LogP contribution in [0.5, 0.6) is 0 Å². The average Bonchev–Trinajstić information content (AvgIpc) is 2.95. The van der Waals surface area contributed by atoms with Gasteiger partial charge in [0.25, 0.3) is 5.91 Å². The van der Waals surface area contributed by atoms with Crippen molar-refractivity contribution in [1.82, 2.24) is 5.32 Å². The number of thioether (sulfide) groups is 1. The number of nitrogens with one attached hydrogen (secondary N) is 2. The van der Waals surface area contributed by atoms with E-state index in [2.05, 4.69) is 23.8 Å². The number of hydrogen-bond donors (Lipinski definition) is 2. The van der Waals surface area contributed by atoms with Gasteiger partial charge in [-0.1, -0.05) is 12.8 Å². The third-order valence-electron chi connectivity index (χ3n) is 4.05. The van der Waals surface area contributed by atoms with E-state index in [0.29, 0.717) is 0 Å². The molecule has 0 unspecified atom stereocenters. The maximum atomic E-state index is 12.2. The van der Waals surface area contributed by atoms with Crippen LogP contribution >= 0.6 is 11.8 Å². The van der Waals surface area contributed by atoms with Crippen molar-refractivity contribution >= 4 is 23.4 Å². The standard InChI is InChI=1S/C16H24N2OS/c1-3-17-14-8-6-13(7-9-14)15(19)18-12-16(20-2)10-4-5-11-16/h6-9,17H,3-5,10-12H2,1-2H3,(H,18,19). The van der Waals surface area contributed by atoms with E-state index in [4.69, 9.17) is 0 Å². The summed E-state index contributed by atoms with van der Waals surface area (Å²) in [5.41, 5.74) is 1.79. The fourth-order valence-electron chi connectivity index (χ4n) is 2.76. The van der Waals surface area contributed by atoms with Crippen molar-refractivity contribution in [2.45, 2.75) is 37.4 Å². The van der Waals surface area contributed by atoms with E-state index in [1.807, 2.05) is 36.0 Å². The Morgan fingerprint density at radius 1 is 1.25 bits per heavy atom. The first-order chi connectivity index (χ1) is 9.69. The summed E-state index contributed by atoms with van der Waals surface area (Å²) in [6, 6.07) is 7.68. The second-order valence-electron chi connectivity index (χ2n) is 5.38. The summed E-state index contributed by atoms with van der Waals surface area (Å²) in [5, 5.41) is 6.33. The molecule has 1 aliphatic carbocycles. The summed E-state index contributed by atoms with van der Waals surface area (Å²) < 4.78 is 0.263. The van der Waals surface area contributed by atoms with Crippen molar-refractivity contribution in [3.8, 4) is 0 Å². The Kier molecular flexibility index (Phi) is 5.35. The lowest BCUT2D eigenvalue weighted by Crippen LogP contribution is -2.38. The molecule has 20 heavy (non-hydrogen) atoms. The molecule has 1 aromatic rings. The number of carbonyl (C=O) groups is 1. The zero-order chi connectivity index (χ0) is 14.4. The molecule has 0 saturated heterocycles. The van der Waals surface area contributed by atoms with Crippen LogP contribution in [0.4, 0.5) is 5.69 Å². The molecule has 4 heteroatoms. The quantitative estimate of drug-likeness (QED) is 0.843. The normalized spacial score (nSPS) is 16.9. The molecule has 1 aromatic carbocycles. The minimum Gasteiger partial charge on any atom is -0.385 e. The molecule has 1 aliphatic rings. The monoisotopic (exact) mass is 292 g/mol. The lowest BCUT2D eigenvalue weighted by Gasteiger charge is -2.26. The molecule has 2 rings (SSSR count). The highest BCUT2D eigenvalue weighted by Crippen LogP contribution is 2.39. The largest absolute Gasteiger partial charge is 0.385 e. The molecule has 1 saturated carbocycles. The molecule has 1 fully saturated rings. The van der Waals surface area contributed by atoms with E-state index in [1.54, 1.807) is 0 Å². The van der Waals surface area contributed by atoms with Crippen molar-refractivity contribution < 1.29 is 4.79 Å². The summed E-state index contributed by atoms with van der Waals surface area (Å²) in [7, 11) is 0. The van der Waals surface area contributed by atoms with E-state index in [1.165, 1.54) is 25.7 Å². The van der Waals surface area contributed by atoms with Gasteiger partial charge in [-0.05, 0) is 50.3 Å². The van der Waals surface area contributed by atoms with E-state index in [-0.39, 0.29) is 10.7 Å². The Hall–Kier alpha value is -1.16. The van der Waals surface area contributed by atoms with Gasteiger partial charge in [-0.25, -0.2) is 0 Å². The van der Waals surface area contributed by atoms with Gasteiger partial charge in [-0.15, -0.1) is 0 Å². The maximum Gasteiger partial charge on any atom is 0.251 e. The first-order valence-corrected chi connectivity index (χ1v) is 8.59. The van der Waals surface area contributed by atoms with E-state index in [9.17, 15) is 4.79 Å². The number of rotatable bonds is 6. The van der Waals surface area contributed by atoms with E-state index < -0.39 is 0 Å². The molecular formula is C16H24N2OS. The van der Waals surface area contributed by atoms with Gasteiger partial charge in [0, 0.05) is 29.1 Å². The van der Waals surface area contributed by atoms with Gasteiger partial charge in [0.15, 0.2) is 0 Å². The number of amides is 1. The van der Waals surface area contributed by atoms with Crippen molar-refractivity contribution in [2.75, 3.05) is 24.7 Å². The molecule has 110 valence electrons. The summed E-state index contributed by atoms with van der Waals surface area (Å²) in [6.45, 7) is 3.73. The lowest BCUT2D eigenvalue weighted by atomic mass is 10.1. The van der Waals surface area contributed by atoms with Crippen molar-refractivity contribution in [2.24, 2.45) is 0 Å². The Bertz CT molecular complexity index is 438. The van der Waals surface area contributed by atoms with Crippen LogP contribution in [0.2, 0.25) is 0 Å². The summed E-state index contributed by atoms with van der Waals surface area (Å²) >= 11 is 1.90. The Morgan fingerprint density at radius 3 is 2.45 bits per heavy atom. The van der Waals surface area contributed by atoms with Crippen molar-refractivity contribution in [1.29, 1.82) is 0 Å². The van der Waals surface area contributed by atoms with Gasteiger partial charge in [0.05, 0.1) is 0 Å². The number of anilines is 1. The smallest absolute Gasteiger partial charge is 0.251 e. The third-order valence-corrected chi connectivity index (χ3v) is 5.47. The summed E-state index contributed by atoms with van der Waals surface area (Å²) in [5.74, 6) is 0.0355. The Labute approximate surface area is 125 Å². The minimum atomic E-state index is 0.0355. The zero-order valence-electron chi connectivity index (χ0n) is 12.4. The molecule has 3 nitrogen and oxygen atoms in total. The Balaban J connectivity index is 1.91. The highest BCUT2D eigenvalue weighted by Gasteiger charge is 2.33. The summed E-state index contributed by atoms with van der Waals surface area (Å²) in [6.07, 6.45) is 7.16. The number of hydrogen-bond acceptors (Lipinski definition) is 3. The topological polar surface area (TPSA) is 41.1 Å². The molecule has 0 bridgehead atoms. The highest BCUT2D eigenvalue weighted by molar-refractivity contribution is 8.00. The van der Waals surface area contributed by atoms with Crippen LogP contribution in [0.15, 0.2) is 24.3 Å². The van der Waals surface area contributed by atoms with Crippen LogP contribution in [-0.2, 0) is 0 Å². The molecule has 0 heterocycles. The zero-order valence-corrected chi connectivity index (χ0v) is 13.2. The van der Waals surface area contributed by atoms with Crippen LogP contribution in [0.3, 0.4) is 0 Å². The lowest BCUT2D eigenvalue weighted by molar-refractivity contribution is 0.0949. The van der Waals surface area contributed by atoms with E-state index in [0.717, 1.165) is 24.3 Å². The first kappa shape index (κ1) is 15.2.